The van der Waals surface area contributed by atoms with Crippen LogP contribution < -0.4 is 5.32 Å². The van der Waals surface area contributed by atoms with Gasteiger partial charge >= 0.3 is 0 Å². The molecule has 1 aliphatic rings. The van der Waals surface area contributed by atoms with E-state index in [1.54, 1.807) is 12.1 Å². The van der Waals surface area contributed by atoms with Gasteiger partial charge in [0, 0.05) is 18.7 Å². The van der Waals surface area contributed by atoms with Crippen LogP contribution in [-0.2, 0) is 21.3 Å². The lowest BCUT2D eigenvalue weighted by atomic mass is 10.2. The van der Waals surface area contributed by atoms with E-state index in [0.717, 1.165) is 16.4 Å². The zero-order chi connectivity index (χ0) is 17.9. The van der Waals surface area contributed by atoms with E-state index in [1.165, 1.54) is 12.3 Å². The van der Waals surface area contributed by atoms with Crippen molar-refractivity contribution in [2.45, 2.75) is 11.4 Å². The molecule has 0 radical (unpaired) electrons. The first-order valence-corrected chi connectivity index (χ1v) is 9.10. The molecule has 1 aromatic heterocycles. The molecule has 0 saturated carbocycles. The maximum Gasteiger partial charge on any atom is 0.251 e. The van der Waals surface area contributed by atoms with Gasteiger partial charge in [-0.25, -0.2) is 12.8 Å². The molecule has 0 aliphatic carbocycles. The summed E-state index contributed by atoms with van der Waals surface area (Å²) in [5, 5.41) is 2.60. The zero-order valence-electron chi connectivity index (χ0n) is 13.3. The molecule has 0 unspecified atom stereocenters. The molecule has 25 heavy (non-hydrogen) atoms. The molecule has 7 nitrogen and oxygen atoms in total. The second-order valence-electron chi connectivity index (χ2n) is 5.42. The van der Waals surface area contributed by atoms with Gasteiger partial charge in [0.05, 0.1) is 26.0 Å². The summed E-state index contributed by atoms with van der Waals surface area (Å²) in [5.74, 6) is -0.861. The summed E-state index contributed by atoms with van der Waals surface area (Å²) < 4.78 is 50.7. The number of halogens is 1. The molecule has 1 saturated heterocycles. The highest BCUT2D eigenvalue weighted by Crippen LogP contribution is 2.22. The van der Waals surface area contributed by atoms with Crippen molar-refractivity contribution in [3.05, 3.63) is 53.7 Å². The molecule has 2 heterocycles. The Labute approximate surface area is 144 Å². The molecular weight excluding hydrogens is 351 g/mol. The summed E-state index contributed by atoms with van der Waals surface area (Å²) in [5.41, 5.74) is 0.0554. The minimum absolute atomic E-state index is 0.0554. The Balaban J connectivity index is 1.81. The second-order valence-corrected chi connectivity index (χ2v) is 7.33. The zero-order valence-corrected chi connectivity index (χ0v) is 14.1. The molecule has 1 fully saturated rings. The summed E-state index contributed by atoms with van der Waals surface area (Å²) in [6.45, 7) is 0.955. The Morgan fingerprint density at radius 1 is 1.24 bits per heavy atom. The molecule has 134 valence electrons. The fraction of sp³-hybridized carbons (Fsp3) is 0.312. The summed E-state index contributed by atoms with van der Waals surface area (Å²) in [7, 11) is -4.03. The fourth-order valence-corrected chi connectivity index (χ4v) is 3.95. The molecule has 0 bridgehead atoms. The highest BCUT2D eigenvalue weighted by atomic mass is 32.2. The number of benzene rings is 1. The first-order valence-electron chi connectivity index (χ1n) is 7.66. The van der Waals surface area contributed by atoms with Crippen molar-refractivity contribution < 1.29 is 26.8 Å². The van der Waals surface area contributed by atoms with Crippen molar-refractivity contribution in [2.24, 2.45) is 0 Å². The topological polar surface area (TPSA) is 88.8 Å². The molecule has 1 aromatic carbocycles. The summed E-state index contributed by atoms with van der Waals surface area (Å²) in [4.78, 5) is 11.7. The van der Waals surface area contributed by atoms with Crippen molar-refractivity contribution >= 4 is 15.9 Å². The summed E-state index contributed by atoms with van der Waals surface area (Å²) in [6.07, 6.45) is 1.48. The predicted molar refractivity (Wildman–Crippen MR) is 85.9 cm³/mol. The largest absolute Gasteiger partial charge is 0.467 e. The van der Waals surface area contributed by atoms with Crippen LogP contribution in [0.25, 0.3) is 0 Å². The number of hydrogen-bond acceptors (Lipinski definition) is 5. The van der Waals surface area contributed by atoms with E-state index in [2.05, 4.69) is 5.32 Å². The highest BCUT2D eigenvalue weighted by Gasteiger charge is 2.29. The standard InChI is InChI=1S/C16H17FN2O5S/c17-14-4-3-12(16(20)18-11-13-2-1-7-24-13)10-15(14)25(21,22)19-5-8-23-9-6-19/h1-4,7,10H,5-6,8-9,11H2,(H,18,20). The van der Waals surface area contributed by atoms with Gasteiger partial charge in [0.25, 0.3) is 5.91 Å². The molecule has 3 rings (SSSR count). The minimum Gasteiger partial charge on any atom is -0.467 e. The number of ether oxygens (including phenoxy) is 1. The predicted octanol–water partition coefficient (Wildman–Crippen LogP) is 1.37. The van der Waals surface area contributed by atoms with E-state index < -0.39 is 26.6 Å². The third-order valence-electron chi connectivity index (χ3n) is 3.78. The van der Waals surface area contributed by atoms with Crippen LogP contribution in [0.15, 0.2) is 45.9 Å². The number of carbonyl (C=O) groups excluding carboxylic acids is 1. The van der Waals surface area contributed by atoms with E-state index in [-0.39, 0.29) is 38.4 Å². The summed E-state index contributed by atoms with van der Waals surface area (Å²) >= 11 is 0. The van der Waals surface area contributed by atoms with Crippen LogP contribution in [0.1, 0.15) is 16.1 Å². The van der Waals surface area contributed by atoms with E-state index in [9.17, 15) is 17.6 Å². The number of sulfonamides is 1. The summed E-state index contributed by atoms with van der Waals surface area (Å²) in [6, 6.07) is 6.66. The molecule has 9 heteroatoms. The van der Waals surface area contributed by atoms with Gasteiger partial charge in [0.1, 0.15) is 16.5 Å². The first-order chi connectivity index (χ1) is 12.0. The van der Waals surface area contributed by atoms with E-state index >= 15 is 0 Å². The second kappa shape index (κ2) is 7.34. The van der Waals surface area contributed by atoms with Crippen molar-refractivity contribution in [1.82, 2.24) is 9.62 Å². The van der Waals surface area contributed by atoms with Crippen molar-refractivity contribution in [1.29, 1.82) is 0 Å². The van der Waals surface area contributed by atoms with Gasteiger partial charge < -0.3 is 14.5 Å². The lowest BCUT2D eigenvalue weighted by molar-refractivity contribution is 0.0729. The third-order valence-corrected chi connectivity index (χ3v) is 5.70. The Kier molecular flexibility index (Phi) is 5.16. The van der Waals surface area contributed by atoms with Gasteiger partial charge in [0.15, 0.2) is 0 Å². The average Bonchev–Trinajstić information content (AvgIpc) is 3.14. The average molecular weight is 368 g/mol. The van der Waals surface area contributed by atoms with E-state index in [4.69, 9.17) is 9.15 Å². The van der Waals surface area contributed by atoms with Gasteiger partial charge in [-0.2, -0.15) is 4.31 Å². The molecule has 1 amide bonds. The molecule has 1 N–H and O–H groups in total. The number of nitrogens with one attached hydrogen (secondary N) is 1. The molecule has 2 aromatic rings. The quantitative estimate of drug-likeness (QED) is 0.861. The van der Waals surface area contributed by atoms with Crippen molar-refractivity contribution in [3.8, 4) is 0 Å². The normalized spacial score (nSPS) is 15.9. The van der Waals surface area contributed by atoms with Gasteiger partial charge in [-0.3, -0.25) is 4.79 Å². The number of furan rings is 1. The van der Waals surface area contributed by atoms with Crippen molar-refractivity contribution in [3.63, 3.8) is 0 Å². The Hall–Kier alpha value is -2.23. The van der Waals surface area contributed by atoms with Crippen LogP contribution in [0.4, 0.5) is 4.39 Å². The van der Waals surface area contributed by atoms with Gasteiger partial charge in [-0.05, 0) is 30.3 Å². The molecular formula is C16H17FN2O5S. The van der Waals surface area contributed by atoms with Crippen LogP contribution in [0, 0.1) is 5.82 Å². The molecule has 0 spiro atoms. The number of nitrogens with zero attached hydrogens (tertiary/aromatic N) is 1. The maximum atomic E-state index is 14.1. The van der Waals surface area contributed by atoms with Crippen molar-refractivity contribution in [2.75, 3.05) is 26.3 Å². The fourth-order valence-electron chi connectivity index (χ4n) is 2.45. The first kappa shape index (κ1) is 17.6. The molecule has 0 atom stereocenters. The smallest absolute Gasteiger partial charge is 0.251 e. The number of morpholine rings is 1. The van der Waals surface area contributed by atoms with Crippen LogP contribution in [0.2, 0.25) is 0 Å². The van der Waals surface area contributed by atoms with Crippen LogP contribution >= 0.6 is 0 Å². The number of rotatable bonds is 5. The lowest BCUT2D eigenvalue weighted by Gasteiger charge is -2.26. The van der Waals surface area contributed by atoms with Gasteiger partial charge in [0.2, 0.25) is 10.0 Å². The third kappa shape index (κ3) is 3.89. The molecule has 1 aliphatic heterocycles. The number of carbonyl (C=O) groups is 1. The monoisotopic (exact) mass is 368 g/mol. The minimum atomic E-state index is -4.03. The number of hydrogen-bond donors (Lipinski definition) is 1. The highest BCUT2D eigenvalue weighted by molar-refractivity contribution is 7.89. The van der Waals surface area contributed by atoms with E-state index in [1.807, 2.05) is 0 Å². The maximum absolute atomic E-state index is 14.1. The Morgan fingerprint density at radius 3 is 2.68 bits per heavy atom. The van der Waals surface area contributed by atoms with Crippen LogP contribution in [0.5, 0.6) is 0 Å². The van der Waals surface area contributed by atoms with Crippen LogP contribution in [0.3, 0.4) is 0 Å². The SMILES string of the molecule is O=C(NCc1ccco1)c1ccc(F)c(S(=O)(=O)N2CCOCC2)c1. The number of amides is 1. The van der Waals surface area contributed by atoms with Gasteiger partial charge in [-0.1, -0.05) is 0 Å². The van der Waals surface area contributed by atoms with Gasteiger partial charge in [-0.15, -0.1) is 0 Å². The Bertz CT molecular complexity index is 845. The lowest BCUT2D eigenvalue weighted by Crippen LogP contribution is -2.41. The van der Waals surface area contributed by atoms with Crippen LogP contribution in [-0.4, -0.2) is 44.9 Å². The Morgan fingerprint density at radius 2 is 2.00 bits per heavy atom. The van der Waals surface area contributed by atoms with E-state index in [0.29, 0.717) is 5.76 Å².